The molecular formula is C17H17NO. The molecule has 0 unspecified atom stereocenters. The molecule has 1 aromatic carbocycles. The smallest absolute Gasteiger partial charge is 0.194 e. The van der Waals surface area contributed by atoms with Gasteiger partial charge in [-0.15, -0.1) is 0 Å². The number of benzene rings is 1. The number of hydrogen-bond acceptors (Lipinski definition) is 2. The highest BCUT2D eigenvalue weighted by Gasteiger charge is 2.20. The fourth-order valence-corrected chi connectivity index (χ4v) is 2.53. The number of nitrogens with zero attached hydrogens (tertiary/aromatic N) is 1. The predicted molar refractivity (Wildman–Crippen MR) is 75.4 cm³/mol. The number of ketones is 1. The van der Waals surface area contributed by atoms with Gasteiger partial charge < -0.3 is 0 Å². The molecule has 3 rings (SSSR count). The zero-order valence-corrected chi connectivity index (χ0v) is 11.1. The van der Waals surface area contributed by atoms with E-state index in [1.807, 2.05) is 25.1 Å². The molecule has 1 aromatic heterocycles. The van der Waals surface area contributed by atoms with Gasteiger partial charge in [0.1, 0.15) is 0 Å². The van der Waals surface area contributed by atoms with Crippen molar-refractivity contribution in [2.75, 3.05) is 0 Å². The first kappa shape index (κ1) is 12.1. The lowest BCUT2D eigenvalue weighted by Gasteiger charge is -2.26. The topological polar surface area (TPSA) is 30.0 Å². The van der Waals surface area contributed by atoms with Gasteiger partial charge in [0, 0.05) is 23.5 Å². The summed E-state index contributed by atoms with van der Waals surface area (Å²) in [5.74, 6) is 0.731. The zero-order valence-electron chi connectivity index (χ0n) is 11.1. The van der Waals surface area contributed by atoms with E-state index in [1.165, 1.54) is 24.8 Å². The summed E-state index contributed by atoms with van der Waals surface area (Å²) < 4.78 is 0. The summed E-state index contributed by atoms with van der Waals surface area (Å²) in [6.45, 7) is 1.95. The minimum Gasteiger partial charge on any atom is -0.289 e. The van der Waals surface area contributed by atoms with Gasteiger partial charge in [0.2, 0.25) is 0 Å². The first-order chi connectivity index (χ1) is 9.25. The van der Waals surface area contributed by atoms with Gasteiger partial charge in [-0.25, -0.2) is 0 Å². The summed E-state index contributed by atoms with van der Waals surface area (Å²) in [7, 11) is 0. The van der Waals surface area contributed by atoms with Gasteiger partial charge in [-0.2, -0.15) is 0 Å². The fourth-order valence-electron chi connectivity index (χ4n) is 2.53. The molecule has 0 atom stereocenters. The van der Waals surface area contributed by atoms with E-state index in [9.17, 15) is 4.79 Å². The number of aryl methyl sites for hydroxylation is 1. The Labute approximate surface area is 113 Å². The number of carbonyl (C=O) groups excluding carboxylic acids is 1. The number of aromatic nitrogens is 1. The van der Waals surface area contributed by atoms with Crippen LogP contribution >= 0.6 is 0 Å². The van der Waals surface area contributed by atoms with Gasteiger partial charge in [0.05, 0.1) is 0 Å². The first-order valence-corrected chi connectivity index (χ1v) is 6.81. The van der Waals surface area contributed by atoms with Crippen LogP contribution < -0.4 is 0 Å². The average Bonchev–Trinajstić information content (AvgIpc) is 2.37. The van der Waals surface area contributed by atoms with E-state index < -0.39 is 0 Å². The Kier molecular flexibility index (Phi) is 3.16. The van der Waals surface area contributed by atoms with Crippen molar-refractivity contribution >= 4 is 5.78 Å². The molecule has 19 heavy (non-hydrogen) atoms. The van der Waals surface area contributed by atoms with Crippen molar-refractivity contribution in [3.05, 3.63) is 65.0 Å². The van der Waals surface area contributed by atoms with Crippen LogP contribution in [0.15, 0.2) is 42.7 Å². The van der Waals surface area contributed by atoms with E-state index in [4.69, 9.17) is 0 Å². The molecule has 2 nitrogen and oxygen atoms in total. The maximum absolute atomic E-state index is 12.5. The van der Waals surface area contributed by atoms with Crippen molar-refractivity contribution in [3.8, 4) is 0 Å². The number of rotatable bonds is 3. The molecular weight excluding hydrogens is 234 g/mol. The van der Waals surface area contributed by atoms with Crippen LogP contribution in [0.2, 0.25) is 0 Å². The van der Waals surface area contributed by atoms with Crippen LogP contribution in [0.1, 0.15) is 52.2 Å². The normalized spacial score (nSPS) is 15.0. The third-order valence-electron chi connectivity index (χ3n) is 4.01. The summed E-state index contributed by atoms with van der Waals surface area (Å²) in [6, 6.07) is 9.96. The van der Waals surface area contributed by atoms with E-state index in [0.717, 1.165) is 11.1 Å². The van der Waals surface area contributed by atoms with E-state index in [-0.39, 0.29) is 5.78 Å². The second kappa shape index (κ2) is 4.96. The van der Waals surface area contributed by atoms with Gasteiger partial charge in [-0.1, -0.05) is 24.6 Å². The Morgan fingerprint density at radius 3 is 2.79 bits per heavy atom. The maximum Gasteiger partial charge on any atom is 0.194 e. The molecule has 1 aliphatic rings. The van der Waals surface area contributed by atoms with Crippen LogP contribution in [0.5, 0.6) is 0 Å². The Bertz CT molecular complexity index is 614. The van der Waals surface area contributed by atoms with Crippen LogP contribution in [0.25, 0.3) is 0 Å². The van der Waals surface area contributed by atoms with Crippen LogP contribution in [0, 0.1) is 6.92 Å². The number of hydrogen-bond donors (Lipinski definition) is 0. The number of carbonyl (C=O) groups is 1. The molecule has 1 heterocycles. The Morgan fingerprint density at radius 1 is 1.26 bits per heavy atom. The molecule has 96 valence electrons. The average molecular weight is 251 g/mol. The maximum atomic E-state index is 12.5. The SMILES string of the molecule is Cc1ccncc1C(=O)c1cccc(C2CCC2)c1. The van der Waals surface area contributed by atoms with Gasteiger partial charge in [-0.05, 0) is 48.9 Å². The van der Waals surface area contributed by atoms with Crippen molar-refractivity contribution in [2.24, 2.45) is 0 Å². The lowest BCUT2D eigenvalue weighted by molar-refractivity contribution is 0.103. The lowest BCUT2D eigenvalue weighted by atomic mass is 9.79. The monoisotopic (exact) mass is 251 g/mol. The highest BCUT2D eigenvalue weighted by Crippen LogP contribution is 2.36. The molecule has 1 aliphatic carbocycles. The molecule has 0 saturated heterocycles. The Hall–Kier alpha value is -1.96. The minimum absolute atomic E-state index is 0.0757. The predicted octanol–water partition coefficient (Wildman–Crippen LogP) is 3.89. The first-order valence-electron chi connectivity index (χ1n) is 6.81. The van der Waals surface area contributed by atoms with Crippen LogP contribution in [-0.2, 0) is 0 Å². The highest BCUT2D eigenvalue weighted by atomic mass is 16.1. The van der Waals surface area contributed by atoms with E-state index >= 15 is 0 Å². The zero-order chi connectivity index (χ0) is 13.2. The second-order valence-electron chi connectivity index (χ2n) is 5.27. The lowest BCUT2D eigenvalue weighted by Crippen LogP contribution is -2.10. The van der Waals surface area contributed by atoms with E-state index in [2.05, 4.69) is 17.1 Å². The van der Waals surface area contributed by atoms with Crippen molar-refractivity contribution in [1.29, 1.82) is 0 Å². The molecule has 1 saturated carbocycles. The van der Waals surface area contributed by atoms with E-state index in [1.54, 1.807) is 12.4 Å². The standard InChI is InChI=1S/C17H17NO/c1-12-8-9-18-11-16(12)17(19)15-7-3-6-14(10-15)13-4-2-5-13/h3,6-11,13H,2,4-5H2,1H3. The quantitative estimate of drug-likeness (QED) is 0.775. The summed E-state index contributed by atoms with van der Waals surface area (Å²) in [4.78, 5) is 16.6. The molecule has 0 amide bonds. The van der Waals surface area contributed by atoms with Crippen molar-refractivity contribution < 1.29 is 4.79 Å². The van der Waals surface area contributed by atoms with E-state index in [0.29, 0.717) is 11.5 Å². The third-order valence-corrected chi connectivity index (χ3v) is 4.01. The van der Waals surface area contributed by atoms with Gasteiger partial charge in [0.15, 0.2) is 5.78 Å². The van der Waals surface area contributed by atoms with Crippen LogP contribution in [0.3, 0.4) is 0 Å². The molecule has 0 bridgehead atoms. The molecule has 2 aromatic rings. The summed E-state index contributed by atoms with van der Waals surface area (Å²) in [6.07, 6.45) is 7.20. The summed E-state index contributed by atoms with van der Waals surface area (Å²) in [5.41, 5.74) is 3.77. The molecule has 0 aliphatic heterocycles. The summed E-state index contributed by atoms with van der Waals surface area (Å²) in [5, 5.41) is 0. The Morgan fingerprint density at radius 2 is 2.11 bits per heavy atom. The van der Waals surface area contributed by atoms with Crippen LogP contribution in [-0.4, -0.2) is 10.8 Å². The van der Waals surface area contributed by atoms with Crippen molar-refractivity contribution in [3.63, 3.8) is 0 Å². The molecule has 0 N–H and O–H groups in total. The van der Waals surface area contributed by atoms with Crippen molar-refractivity contribution in [1.82, 2.24) is 4.98 Å². The second-order valence-corrected chi connectivity index (χ2v) is 5.27. The molecule has 1 fully saturated rings. The van der Waals surface area contributed by atoms with Gasteiger partial charge in [0.25, 0.3) is 0 Å². The van der Waals surface area contributed by atoms with Crippen LogP contribution in [0.4, 0.5) is 0 Å². The van der Waals surface area contributed by atoms with Gasteiger partial charge >= 0.3 is 0 Å². The number of pyridine rings is 1. The minimum atomic E-state index is 0.0757. The molecule has 0 radical (unpaired) electrons. The van der Waals surface area contributed by atoms with Crippen molar-refractivity contribution in [2.45, 2.75) is 32.1 Å². The summed E-state index contributed by atoms with van der Waals surface area (Å²) >= 11 is 0. The third kappa shape index (κ3) is 2.30. The highest BCUT2D eigenvalue weighted by molar-refractivity contribution is 6.09. The largest absolute Gasteiger partial charge is 0.289 e. The Balaban J connectivity index is 1.93. The molecule has 0 spiro atoms. The fraction of sp³-hybridized carbons (Fsp3) is 0.294. The molecule has 2 heteroatoms. The van der Waals surface area contributed by atoms with Gasteiger partial charge in [-0.3, -0.25) is 9.78 Å².